The van der Waals surface area contributed by atoms with Gasteiger partial charge >= 0.3 is 0 Å². The van der Waals surface area contributed by atoms with E-state index in [1.54, 1.807) is 11.0 Å². The van der Waals surface area contributed by atoms with Crippen LogP contribution in [0.2, 0.25) is 0 Å². The first kappa shape index (κ1) is 22.1. The number of hydrogen-bond donors (Lipinski definition) is 1. The fourth-order valence-electron chi connectivity index (χ4n) is 4.44. The third kappa shape index (κ3) is 4.15. The van der Waals surface area contributed by atoms with Gasteiger partial charge in [0.1, 0.15) is 11.5 Å². The highest BCUT2D eigenvalue weighted by Gasteiger charge is 2.45. The molecule has 2 heterocycles. The van der Waals surface area contributed by atoms with Gasteiger partial charge in [-0.25, -0.2) is 0 Å². The van der Waals surface area contributed by atoms with Crippen LogP contribution in [0.25, 0.3) is 5.76 Å². The molecule has 168 valence electrons. The van der Waals surface area contributed by atoms with Crippen molar-refractivity contribution in [3.63, 3.8) is 0 Å². The number of ether oxygens (including phenoxy) is 1. The molecule has 2 aliphatic heterocycles. The molecule has 2 aromatic rings. The molecule has 2 aliphatic rings. The molecule has 0 bridgehead atoms. The summed E-state index contributed by atoms with van der Waals surface area (Å²) in [6, 6.07) is 12.8. The molecule has 0 radical (unpaired) electrons. The molecule has 0 aromatic heterocycles. The summed E-state index contributed by atoms with van der Waals surface area (Å²) in [5.41, 5.74) is 3.70. The quantitative estimate of drug-likeness (QED) is 0.410. The summed E-state index contributed by atoms with van der Waals surface area (Å²) >= 11 is 0. The Morgan fingerprint density at radius 2 is 1.91 bits per heavy atom. The summed E-state index contributed by atoms with van der Waals surface area (Å²) in [6.07, 6.45) is 2.40. The molecule has 32 heavy (non-hydrogen) atoms. The second-order valence-corrected chi connectivity index (χ2v) is 8.67. The van der Waals surface area contributed by atoms with Crippen molar-refractivity contribution in [1.82, 2.24) is 9.80 Å². The van der Waals surface area contributed by atoms with E-state index in [0.29, 0.717) is 18.7 Å². The molecule has 0 aliphatic carbocycles. The minimum absolute atomic E-state index is 0.127. The normalized spacial score (nSPS) is 19.5. The lowest BCUT2D eigenvalue weighted by atomic mass is 9.94. The molecule has 4 rings (SSSR count). The number of aliphatic hydroxyl groups excluding tert-OH is 1. The van der Waals surface area contributed by atoms with Gasteiger partial charge in [0, 0.05) is 18.5 Å². The Hall–Kier alpha value is -3.12. The number of carbonyl (C=O) groups is 2. The highest BCUT2D eigenvalue weighted by molar-refractivity contribution is 6.46. The van der Waals surface area contributed by atoms with E-state index in [1.807, 2.05) is 55.4 Å². The van der Waals surface area contributed by atoms with Crippen molar-refractivity contribution in [2.24, 2.45) is 0 Å². The minimum atomic E-state index is -0.631. The predicted octanol–water partition coefficient (Wildman–Crippen LogP) is 3.56. The van der Waals surface area contributed by atoms with E-state index in [9.17, 15) is 14.7 Å². The average molecular weight is 435 g/mol. The van der Waals surface area contributed by atoms with Crippen molar-refractivity contribution < 1.29 is 19.4 Å². The Morgan fingerprint density at radius 3 is 2.59 bits per heavy atom. The Morgan fingerprint density at radius 1 is 1.16 bits per heavy atom. The van der Waals surface area contributed by atoms with Crippen LogP contribution in [0.15, 0.2) is 48.0 Å². The van der Waals surface area contributed by atoms with Crippen molar-refractivity contribution >= 4 is 17.4 Å². The van der Waals surface area contributed by atoms with Gasteiger partial charge < -0.3 is 19.6 Å². The number of amides is 1. The summed E-state index contributed by atoms with van der Waals surface area (Å²) in [5, 5.41) is 11.2. The number of rotatable bonds is 7. The van der Waals surface area contributed by atoms with Crippen LogP contribution < -0.4 is 4.74 Å². The number of ketones is 1. The largest absolute Gasteiger partial charge is 0.507 e. The van der Waals surface area contributed by atoms with Crippen LogP contribution in [-0.2, 0) is 22.4 Å². The number of benzene rings is 2. The molecule has 6 nitrogen and oxygen atoms in total. The smallest absolute Gasteiger partial charge is 0.295 e. The van der Waals surface area contributed by atoms with E-state index < -0.39 is 17.7 Å². The van der Waals surface area contributed by atoms with Gasteiger partial charge in [0.15, 0.2) is 0 Å². The SMILES string of the molecule is CCc1ccc(C2/C(=C(/O)c3ccc4c(c3)CCO4)C(=O)C(=O)N2CCCN(C)C)cc1. The van der Waals surface area contributed by atoms with Crippen molar-refractivity contribution in [3.8, 4) is 5.75 Å². The summed E-state index contributed by atoms with van der Waals surface area (Å²) in [6.45, 7) is 3.94. The van der Waals surface area contributed by atoms with Crippen molar-refractivity contribution in [2.45, 2.75) is 32.2 Å². The summed E-state index contributed by atoms with van der Waals surface area (Å²) in [5.74, 6) is -0.511. The highest BCUT2D eigenvalue weighted by atomic mass is 16.5. The first-order chi connectivity index (χ1) is 15.4. The van der Waals surface area contributed by atoms with Gasteiger partial charge in [0.05, 0.1) is 18.2 Å². The number of aryl methyl sites for hydroxylation is 1. The van der Waals surface area contributed by atoms with Gasteiger partial charge in [-0.05, 0) is 68.4 Å². The zero-order valence-electron chi connectivity index (χ0n) is 18.9. The Balaban J connectivity index is 1.77. The molecule has 0 spiro atoms. The van der Waals surface area contributed by atoms with Crippen LogP contribution in [0, 0.1) is 0 Å². The monoisotopic (exact) mass is 434 g/mol. The zero-order valence-corrected chi connectivity index (χ0v) is 18.9. The van der Waals surface area contributed by atoms with Gasteiger partial charge in [0.2, 0.25) is 0 Å². The Kier molecular flexibility index (Phi) is 6.33. The predicted molar refractivity (Wildman–Crippen MR) is 124 cm³/mol. The number of fused-ring (bicyclic) bond motifs is 1. The van der Waals surface area contributed by atoms with E-state index in [1.165, 1.54) is 5.56 Å². The van der Waals surface area contributed by atoms with Gasteiger partial charge in [0.25, 0.3) is 11.7 Å². The first-order valence-electron chi connectivity index (χ1n) is 11.2. The van der Waals surface area contributed by atoms with Gasteiger partial charge in [-0.15, -0.1) is 0 Å². The maximum atomic E-state index is 13.1. The van der Waals surface area contributed by atoms with E-state index >= 15 is 0 Å². The molecular weight excluding hydrogens is 404 g/mol. The number of Topliss-reactive ketones (excluding diaryl/α,β-unsaturated/α-hetero) is 1. The highest BCUT2D eigenvalue weighted by Crippen LogP contribution is 2.40. The van der Waals surface area contributed by atoms with E-state index in [0.717, 1.165) is 42.7 Å². The fourth-order valence-corrected chi connectivity index (χ4v) is 4.44. The third-order valence-electron chi connectivity index (χ3n) is 6.21. The zero-order chi connectivity index (χ0) is 22.8. The van der Waals surface area contributed by atoms with Crippen molar-refractivity contribution in [2.75, 3.05) is 33.8 Å². The molecule has 1 saturated heterocycles. The number of aliphatic hydroxyl groups is 1. The topological polar surface area (TPSA) is 70.1 Å². The molecular formula is C26H30N2O4. The second-order valence-electron chi connectivity index (χ2n) is 8.67. The fraction of sp³-hybridized carbons (Fsp3) is 0.385. The van der Waals surface area contributed by atoms with Crippen LogP contribution in [0.4, 0.5) is 0 Å². The maximum absolute atomic E-state index is 13.1. The van der Waals surface area contributed by atoms with Gasteiger partial charge in [-0.3, -0.25) is 9.59 Å². The standard InChI is InChI=1S/C26H30N2O4/c1-4-17-6-8-18(9-7-17)23-22(25(30)26(31)28(23)14-5-13-27(2)3)24(29)20-10-11-21-19(16-20)12-15-32-21/h6-11,16,23,29H,4-5,12-15H2,1-3H3/b24-22-. The van der Waals surface area contributed by atoms with E-state index in [-0.39, 0.29) is 11.3 Å². The molecule has 1 unspecified atom stereocenters. The van der Waals surface area contributed by atoms with Crippen LogP contribution in [0.1, 0.15) is 41.6 Å². The van der Waals surface area contributed by atoms with Crippen molar-refractivity contribution in [1.29, 1.82) is 0 Å². The van der Waals surface area contributed by atoms with Crippen LogP contribution in [-0.4, -0.2) is 60.4 Å². The first-order valence-corrected chi connectivity index (χ1v) is 11.2. The van der Waals surface area contributed by atoms with E-state index in [2.05, 4.69) is 6.92 Å². The minimum Gasteiger partial charge on any atom is -0.507 e. The van der Waals surface area contributed by atoms with E-state index in [4.69, 9.17) is 4.74 Å². The van der Waals surface area contributed by atoms with Crippen LogP contribution >= 0.6 is 0 Å². The molecule has 1 fully saturated rings. The number of nitrogens with zero attached hydrogens (tertiary/aromatic N) is 2. The van der Waals surface area contributed by atoms with Gasteiger partial charge in [-0.1, -0.05) is 31.2 Å². The number of carbonyl (C=O) groups excluding carboxylic acids is 2. The molecule has 1 atom stereocenters. The Bertz CT molecular complexity index is 1060. The molecule has 6 heteroatoms. The molecule has 1 amide bonds. The summed E-state index contributed by atoms with van der Waals surface area (Å²) in [7, 11) is 3.96. The molecule has 2 aromatic carbocycles. The lowest BCUT2D eigenvalue weighted by Crippen LogP contribution is -2.32. The molecule has 1 N–H and O–H groups in total. The number of hydrogen-bond acceptors (Lipinski definition) is 5. The summed E-state index contributed by atoms with van der Waals surface area (Å²) < 4.78 is 5.56. The van der Waals surface area contributed by atoms with Gasteiger partial charge in [-0.2, -0.15) is 0 Å². The van der Waals surface area contributed by atoms with Crippen molar-refractivity contribution in [3.05, 3.63) is 70.3 Å². The lowest BCUT2D eigenvalue weighted by Gasteiger charge is -2.26. The lowest BCUT2D eigenvalue weighted by molar-refractivity contribution is -0.139. The second kappa shape index (κ2) is 9.17. The Labute approximate surface area is 189 Å². The summed E-state index contributed by atoms with van der Waals surface area (Å²) in [4.78, 5) is 29.8. The maximum Gasteiger partial charge on any atom is 0.295 e. The van der Waals surface area contributed by atoms with Crippen LogP contribution in [0.5, 0.6) is 5.75 Å². The average Bonchev–Trinajstić information content (AvgIpc) is 3.36. The third-order valence-corrected chi connectivity index (χ3v) is 6.21. The van der Waals surface area contributed by atoms with Crippen LogP contribution in [0.3, 0.4) is 0 Å². The molecule has 0 saturated carbocycles. The number of likely N-dealkylation sites (tertiary alicyclic amines) is 1.